The molecular weight excluding hydrogens is 221 g/mol. The van der Waals surface area contributed by atoms with Crippen molar-refractivity contribution in [3.63, 3.8) is 0 Å². The van der Waals surface area contributed by atoms with Crippen molar-refractivity contribution in [2.24, 2.45) is 0 Å². The summed E-state index contributed by atoms with van der Waals surface area (Å²) in [4.78, 5) is 10.5. The second kappa shape index (κ2) is 6.95. The molecule has 6 nitrogen and oxygen atoms in total. The highest BCUT2D eigenvalue weighted by atomic mass is 31.2. The van der Waals surface area contributed by atoms with E-state index < -0.39 is 19.6 Å². The van der Waals surface area contributed by atoms with Gasteiger partial charge in [-0.2, -0.15) is 0 Å². The van der Waals surface area contributed by atoms with Gasteiger partial charge in [-0.15, -0.1) is 0 Å². The van der Waals surface area contributed by atoms with Crippen LogP contribution in [0.3, 0.4) is 0 Å². The SMILES string of the molecule is CCOP(=O)(CN[C@@H](C)C(=O)O)OCC. The van der Waals surface area contributed by atoms with Crippen LogP contribution in [0.5, 0.6) is 0 Å². The van der Waals surface area contributed by atoms with E-state index in [9.17, 15) is 9.36 Å². The van der Waals surface area contributed by atoms with Gasteiger partial charge in [0.25, 0.3) is 0 Å². The minimum absolute atomic E-state index is 0.0951. The molecule has 0 bridgehead atoms. The Morgan fingerprint density at radius 1 is 1.40 bits per heavy atom. The molecule has 0 aromatic carbocycles. The van der Waals surface area contributed by atoms with Crippen molar-refractivity contribution in [2.45, 2.75) is 26.8 Å². The fourth-order valence-electron chi connectivity index (χ4n) is 0.858. The summed E-state index contributed by atoms with van der Waals surface area (Å²) in [7, 11) is -3.19. The zero-order valence-electron chi connectivity index (χ0n) is 9.23. The van der Waals surface area contributed by atoms with Crippen LogP contribution in [-0.2, 0) is 18.4 Å². The molecule has 0 aliphatic rings. The maximum Gasteiger partial charge on any atom is 0.344 e. The molecule has 2 N–H and O–H groups in total. The molecule has 0 spiro atoms. The molecule has 0 unspecified atom stereocenters. The van der Waals surface area contributed by atoms with Crippen LogP contribution in [0.25, 0.3) is 0 Å². The van der Waals surface area contributed by atoms with Gasteiger partial charge in [0.1, 0.15) is 6.04 Å². The van der Waals surface area contributed by atoms with E-state index in [0.29, 0.717) is 0 Å². The van der Waals surface area contributed by atoms with E-state index in [1.807, 2.05) is 0 Å². The predicted octanol–water partition coefficient (Wildman–Crippen LogP) is 1.27. The lowest BCUT2D eigenvalue weighted by atomic mass is 10.4. The van der Waals surface area contributed by atoms with Crippen LogP contribution >= 0.6 is 7.60 Å². The van der Waals surface area contributed by atoms with Gasteiger partial charge in [0, 0.05) is 0 Å². The Labute approximate surface area is 89.5 Å². The van der Waals surface area contributed by atoms with E-state index in [-0.39, 0.29) is 19.5 Å². The topological polar surface area (TPSA) is 84.9 Å². The highest BCUT2D eigenvalue weighted by molar-refractivity contribution is 7.53. The summed E-state index contributed by atoms with van der Waals surface area (Å²) in [6.45, 7) is 5.39. The Morgan fingerprint density at radius 2 is 1.87 bits per heavy atom. The molecule has 0 aliphatic heterocycles. The molecule has 0 amide bonds. The molecule has 0 fully saturated rings. The largest absolute Gasteiger partial charge is 0.480 e. The van der Waals surface area contributed by atoms with Gasteiger partial charge in [-0.25, -0.2) is 0 Å². The summed E-state index contributed by atoms with van der Waals surface area (Å²) >= 11 is 0. The maximum absolute atomic E-state index is 11.8. The van der Waals surface area contributed by atoms with Crippen LogP contribution in [0, 0.1) is 0 Å². The third kappa shape index (κ3) is 5.89. The molecule has 7 heteroatoms. The van der Waals surface area contributed by atoms with E-state index in [2.05, 4.69) is 5.32 Å². The van der Waals surface area contributed by atoms with E-state index >= 15 is 0 Å². The first-order valence-electron chi connectivity index (χ1n) is 4.79. The molecule has 0 saturated carbocycles. The van der Waals surface area contributed by atoms with Gasteiger partial charge in [0.2, 0.25) is 0 Å². The first kappa shape index (κ1) is 14.6. The standard InChI is InChI=1S/C8H18NO5P/c1-4-13-15(12,14-5-2)6-9-7(3)8(10)11/h7,9H,4-6H2,1-3H3,(H,10,11)/t7-/m0/s1. The van der Waals surface area contributed by atoms with Gasteiger partial charge in [-0.3, -0.25) is 14.7 Å². The zero-order valence-corrected chi connectivity index (χ0v) is 10.1. The Bertz CT molecular complexity index is 235. The van der Waals surface area contributed by atoms with Crippen LogP contribution in [-0.4, -0.2) is 36.6 Å². The van der Waals surface area contributed by atoms with Crippen LogP contribution < -0.4 is 5.32 Å². The lowest BCUT2D eigenvalue weighted by molar-refractivity contribution is -0.138. The smallest absolute Gasteiger partial charge is 0.344 e. The summed E-state index contributed by atoms with van der Waals surface area (Å²) in [5.74, 6) is -1.01. The first-order chi connectivity index (χ1) is 6.95. The van der Waals surface area contributed by atoms with Crippen molar-refractivity contribution in [1.82, 2.24) is 5.32 Å². The normalized spacial score (nSPS) is 13.8. The average Bonchev–Trinajstić information content (AvgIpc) is 2.15. The van der Waals surface area contributed by atoms with E-state index in [1.165, 1.54) is 6.92 Å². The molecule has 0 rings (SSSR count). The number of hydrogen-bond acceptors (Lipinski definition) is 5. The number of rotatable bonds is 8. The van der Waals surface area contributed by atoms with E-state index in [1.54, 1.807) is 13.8 Å². The summed E-state index contributed by atoms with van der Waals surface area (Å²) in [5, 5.41) is 11.2. The molecule has 15 heavy (non-hydrogen) atoms. The van der Waals surface area contributed by atoms with Crippen molar-refractivity contribution < 1.29 is 23.5 Å². The molecule has 0 aromatic heterocycles. The predicted molar refractivity (Wildman–Crippen MR) is 56.0 cm³/mol. The van der Waals surface area contributed by atoms with Crippen LogP contribution in [0.15, 0.2) is 0 Å². The molecule has 0 saturated heterocycles. The van der Waals surface area contributed by atoms with Crippen molar-refractivity contribution in [3.05, 3.63) is 0 Å². The van der Waals surface area contributed by atoms with Crippen LogP contribution in [0.4, 0.5) is 0 Å². The van der Waals surface area contributed by atoms with E-state index in [4.69, 9.17) is 14.2 Å². The highest BCUT2D eigenvalue weighted by Crippen LogP contribution is 2.46. The molecule has 0 heterocycles. The van der Waals surface area contributed by atoms with Crippen molar-refractivity contribution >= 4 is 13.6 Å². The quantitative estimate of drug-likeness (QED) is 0.620. The second-order valence-electron chi connectivity index (χ2n) is 2.87. The summed E-state index contributed by atoms with van der Waals surface area (Å²) < 4.78 is 21.8. The minimum atomic E-state index is -3.19. The monoisotopic (exact) mass is 239 g/mol. The highest BCUT2D eigenvalue weighted by Gasteiger charge is 2.25. The number of hydrogen-bond donors (Lipinski definition) is 2. The molecule has 0 radical (unpaired) electrons. The Hall–Kier alpha value is -0.420. The summed E-state index contributed by atoms with van der Waals surface area (Å²) in [6, 6.07) is -0.778. The Kier molecular flexibility index (Phi) is 6.76. The lowest BCUT2D eigenvalue weighted by Crippen LogP contribution is -2.34. The maximum atomic E-state index is 11.8. The first-order valence-corrected chi connectivity index (χ1v) is 6.52. The Morgan fingerprint density at radius 3 is 2.20 bits per heavy atom. The number of carboxylic acid groups (broad SMARTS) is 1. The molecular formula is C8H18NO5P. The van der Waals surface area contributed by atoms with Crippen LogP contribution in [0.2, 0.25) is 0 Å². The summed E-state index contributed by atoms with van der Waals surface area (Å²) in [5.41, 5.74) is 0. The van der Waals surface area contributed by atoms with Gasteiger partial charge in [0.05, 0.1) is 19.5 Å². The Balaban J connectivity index is 4.18. The number of nitrogens with one attached hydrogen (secondary N) is 1. The minimum Gasteiger partial charge on any atom is -0.480 e. The van der Waals surface area contributed by atoms with Crippen molar-refractivity contribution in [2.75, 3.05) is 19.5 Å². The fourth-order valence-corrected chi connectivity index (χ4v) is 2.40. The summed E-state index contributed by atoms with van der Waals surface area (Å²) in [6.07, 6.45) is -0.0951. The van der Waals surface area contributed by atoms with Gasteiger partial charge in [-0.1, -0.05) is 0 Å². The number of aliphatic carboxylic acids is 1. The average molecular weight is 239 g/mol. The molecule has 1 atom stereocenters. The number of carbonyl (C=O) groups is 1. The van der Waals surface area contributed by atoms with Gasteiger partial charge >= 0.3 is 13.6 Å². The molecule has 0 aromatic rings. The third-order valence-corrected chi connectivity index (χ3v) is 3.49. The zero-order chi connectivity index (χ0) is 11.9. The van der Waals surface area contributed by atoms with Crippen LogP contribution in [0.1, 0.15) is 20.8 Å². The van der Waals surface area contributed by atoms with Crippen molar-refractivity contribution in [1.29, 1.82) is 0 Å². The van der Waals surface area contributed by atoms with Gasteiger partial charge in [-0.05, 0) is 20.8 Å². The van der Waals surface area contributed by atoms with Gasteiger partial charge in [0.15, 0.2) is 0 Å². The molecule has 0 aliphatic carbocycles. The number of carboxylic acids is 1. The van der Waals surface area contributed by atoms with E-state index in [0.717, 1.165) is 0 Å². The lowest BCUT2D eigenvalue weighted by Gasteiger charge is -2.18. The second-order valence-corrected chi connectivity index (χ2v) is 4.92. The van der Waals surface area contributed by atoms with Gasteiger partial charge < -0.3 is 14.2 Å². The van der Waals surface area contributed by atoms with Crippen molar-refractivity contribution in [3.8, 4) is 0 Å². The fraction of sp³-hybridized carbons (Fsp3) is 0.875. The third-order valence-electron chi connectivity index (χ3n) is 1.61. The molecule has 90 valence electrons.